The third-order valence-corrected chi connectivity index (χ3v) is 3.19. The molecule has 1 aliphatic heterocycles. The highest BCUT2D eigenvalue weighted by molar-refractivity contribution is 5.36. The van der Waals surface area contributed by atoms with Crippen molar-refractivity contribution in [3.05, 3.63) is 39.9 Å². The molecule has 2 rings (SSSR count). The maximum absolute atomic E-state index is 10.7. The van der Waals surface area contributed by atoms with Crippen LogP contribution in [0.15, 0.2) is 24.3 Å². The topological polar surface area (TPSA) is 78.4 Å². The first kappa shape index (κ1) is 12.0. The smallest absolute Gasteiger partial charge is 0.269 e. The number of ether oxygens (including phenoxy) is 1. The van der Waals surface area contributed by atoms with Crippen LogP contribution in [-0.2, 0) is 4.74 Å². The minimum absolute atomic E-state index is 0.142. The molecule has 2 N–H and O–H groups in total. The SMILES string of the molecule is NC[C@@H]1CC[C@H](c2cccc([N+](=O)[O-])c2)CO1. The lowest BCUT2D eigenvalue weighted by atomic mass is 9.91. The van der Waals surface area contributed by atoms with Crippen LogP contribution in [0, 0.1) is 10.1 Å². The van der Waals surface area contributed by atoms with Gasteiger partial charge in [-0.2, -0.15) is 0 Å². The minimum atomic E-state index is -0.365. The van der Waals surface area contributed by atoms with E-state index in [-0.39, 0.29) is 22.6 Å². The van der Waals surface area contributed by atoms with E-state index in [0.29, 0.717) is 13.2 Å². The van der Waals surface area contributed by atoms with Crippen molar-refractivity contribution in [2.24, 2.45) is 5.73 Å². The highest BCUT2D eigenvalue weighted by atomic mass is 16.6. The third kappa shape index (κ3) is 2.81. The molecule has 5 nitrogen and oxygen atoms in total. The molecule has 0 aliphatic carbocycles. The number of hydrogen-bond donors (Lipinski definition) is 1. The fraction of sp³-hybridized carbons (Fsp3) is 0.500. The van der Waals surface area contributed by atoms with Crippen LogP contribution in [0.2, 0.25) is 0 Å². The van der Waals surface area contributed by atoms with Crippen molar-refractivity contribution >= 4 is 5.69 Å². The first-order valence-electron chi connectivity index (χ1n) is 5.76. The van der Waals surface area contributed by atoms with Crippen molar-refractivity contribution in [2.45, 2.75) is 24.9 Å². The molecule has 1 aliphatic rings. The molecule has 2 atom stereocenters. The van der Waals surface area contributed by atoms with Gasteiger partial charge in [0.05, 0.1) is 17.6 Å². The second-order valence-corrected chi connectivity index (χ2v) is 4.32. The molecule has 0 aromatic heterocycles. The number of benzene rings is 1. The summed E-state index contributed by atoms with van der Waals surface area (Å²) >= 11 is 0. The molecule has 17 heavy (non-hydrogen) atoms. The molecule has 1 aromatic carbocycles. The van der Waals surface area contributed by atoms with Crippen molar-refractivity contribution in [2.75, 3.05) is 13.2 Å². The van der Waals surface area contributed by atoms with Crippen LogP contribution in [0.3, 0.4) is 0 Å². The lowest BCUT2D eigenvalue weighted by Gasteiger charge is -2.28. The van der Waals surface area contributed by atoms with E-state index in [1.807, 2.05) is 6.07 Å². The maximum atomic E-state index is 10.7. The van der Waals surface area contributed by atoms with Crippen LogP contribution in [0.1, 0.15) is 24.3 Å². The standard InChI is InChI=1S/C12H16N2O3/c13-7-12-5-4-10(8-17-12)9-2-1-3-11(6-9)14(15)16/h1-3,6,10,12H,4-5,7-8,13H2/t10-,12-/m0/s1. The van der Waals surface area contributed by atoms with Gasteiger partial charge in [-0.25, -0.2) is 0 Å². The zero-order valence-corrected chi connectivity index (χ0v) is 9.54. The molecule has 0 unspecified atom stereocenters. The second kappa shape index (κ2) is 5.25. The monoisotopic (exact) mass is 236 g/mol. The van der Waals surface area contributed by atoms with E-state index in [1.54, 1.807) is 12.1 Å². The van der Waals surface area contributed by atoms with E-state index in [0.717, 1.165) is 18.4 Å². The van der Waals surface area contributed by atoms with Gasteiger partial charge >= 0.3 is 0 Å². The molecule has 0 radical (unpaired) electrons. The number of nitrogens with zero attached hydrogens (tertiary/aromatic N) is 1. The summed E-state index contributed by atoms with van der Waals surface area (Å²) in [5.74, 6) is 0.248. The summed E-state index contributed by atoms with van der Waals surface area (Å²) < 4.78 is 5.60. The normalized spacial score (nSPS) is 24.5. The van der Waals surface area contributed by atoms with Gasteiger partial charge in [-0.15, -0.1) is 0 Å². The van der Waals surface area contributed by atoms with E-state index < -0.39 is 0 Å². The van der Waals surface area contributed by atoms with Gasteiger partial charge in [0.2, 0.25) is 0 Å². The Morgan fingerprint density at radius 3 is 2.88 bits per heavy atom. The summed E-state index contributed by atoms with van der Waals surface area (Å²) in [7, 11) is 0. The van der Waals surface area contributed by atoms with Gasteiger partial charge in [0.15, 0.2) is 0 Å². The van der Waals surface area contributed by atoms with E-state index in [9.17, 15) is 10.1 Å². The van der Waals surface area contributed by atoms with Gasteiger partial charge in [-0.1, -0.05) is 12.1 Å². The summed E-state index contributed by atoms with van der Waals surface area (Å²) in [5.41, 5.74) is 6.66. The number of nitro groups is 1. The van der Waals surface area contributed by atoms with Crippen LogP contribution in [0.25, 0.3) is 0 Å². The average Bonchev–Trinajstić information content (AvgIpc) is 2.39. The number of non-ortho nitro benzene ring substituents is 1. The molecule has 0 spiro atoms. The van der Waals surface area contributed by atoms with Crippen molar-refractivity contribution in [1.29, 1.82) is 0 Å². The third-order valence-electron chi connectivity index (χ3n) is 3.19. The Morgan fingerprint density at radius 2 is 2.29 bits per heavy atom. The predicted octanol–water partition coefficient (Wildman–Crippen LogP) is 1.82. The lowest BCUT2D eigenvalue weighted by molar-refractivity contribution is -0.384. The molecule has 92 valence electrons. The first-order chi connectivity index (χ1) is 8.20. The quantitative estimate of drug-likeness (QED) is 0.641. The Hall–Kier alpha value is -1.46. The molecule has 5 heteroatoms. The zero-order valence-electron chi connectivity index (χ0n) is 9.54. The summed E-state index contributed by atoms with van der Waals surface area (Å²) in [5, 5.41) is 10.7. The highest BCUT2D eigenvalue weighted by Gasteiger charge is 2.23. The fourth-order valence-electron chi connectivity index (χ4n) is 2.15. The van der Waals surface area contributed by atoms with Crippen LogP contribution in [-0.4, -0.2) is 24.2 Å². The second-order valence-electron chi connectivity index (χ2n) is 4.32. The molecule has 1 saturated heterocycles. The van der Waals surface area contributed by atoms with Gasteiger partial charge in [-0.3, -0.25) is 10.1 Å². The first-order valence-corrected chi connectivity index (χ1v) is 5.76. The largest absolute Gasteiger partial charge is 0.376 e. The fourth-order valence-corrected chi connectivity index (χ4v) is 2.15. The van der Waals surface area contributed by atoms with Crippen LogP contribution >= 0.6 is 0 Å². The van der Waals surface area contributed by atoms with E-state index >= 15 is 0 Å². The van der Waals surface area contributed by atoms with E-state index in [4.69, 9.17) is 10.5 Å². The number of hydrogen-bond acceptors (Lipinski definition) is 4. The predicted molar refractivity (Wildman–Crippen MR) is 63.9 cm³/mol. The number of nitrogens with two attached hydrogens (primary N) is 1. The molecule has 0 bridgehead atoms. The van der Waals surface area contributed by atoms with Gasteiger partial charge in [-0.05, 0) is 18.4 Å². The van der Waals surface area contributed by atoms with Crippen LogP contribution in [0.4, 0.5) is 5.69 Å². The average molecular weight is 236 g/mol. The zero-order chi connectivity index (χ0) is 12.3. The van der Waals surface area contributed by atoms with Crippen LogP contribution < -0.4 is 5.73 Å². The van der Waals surface area contributed by atoms with Gasteiger partial charge in [0.25, 0.3) is 5.69 Å². The summed E-state index contributed by atoms with van der Waals surface area (Å²) in [4.78, 5) is 10.3. The molecule has 1 heterocycles. The summed E-state index contributed by atoms with van der Waals surface area (Å²) in [6, 6.07) is 6.79. The highest BCUT2D eigenvalue weighted by Crippen LogP contribution is 2.29. The number of rotatable bonds is 3. The van der Waals surface area contributed by atoms with Crippen molar-refractivity contribution < 1.29 is 9.66 Å². The van der Waals surface area contributed by atoms with Crippen LogP contribution in [0.5, 0.6) is 0 Å². The Morgan fingerprint density at radius 1 is 1.47 bits per heavy atom. The van der Waals surface area contributed by atoms with Gasteiger partial charge in [0.1, 0.15) is 0 Å². The van der Waals surface area contributed by atoms with E-state index in [1.165, 1.54) is 6.07 Å². The molecule has 1 aromatic rings. The minimum Gasteiger partial charge on any atom is -0.376 e. The molecule has 0 saturated carbocycles. The van der Waals surface area contributed by atoms with Crippen molar-refractivity contribution in [3.8, 4) is 0 Å². The van der Waals surface area contributed by atoms with Crippen molar-refractivity contribution in [3.63, 3.8) is 0 Å². The lowest BCUT2D eigenvalue weighted by Crippen LogP contribution is -2.30. The molecular formula is C12H16N2O3. The maximum Gasteiger partial charge on any atom is 0.269 e. The van der Waals surface area contributed by atoms with E-state index in [2.05, 4.69) is 0 Å². The molecule has 1 fully saturated rings. The van der Waals surface area contributed by atoms with Crippen molar-refractivity contribution in [1.82, 2.24) is 0 Å². The Labute approximate surface area is 99.7 Å². The van der Waals surface area contributed by atoms with Gasteiger partial charge in [0, 0.05) is 24.6 Å². The summed E-state index contributed by atoms with van der Waals surface area (Å²) in [6.07, 6.45) is 2.04. The Kier molecular flexibility index (Phi) is 3.71. The van der Waals surface area contributed by atoms with Gasteiger partial charge < -0.3 is 10.5 Å². The Bertz CT molecular complexity index is 400. The summed E-state index contributed by atoms with van der Waals surface area (Å²) in [6.45, 7) is 1.14. The molecular weight excluding hydrogens is 220 g/mol. The Balaban J connectivity index is 2.08. The molecule has 0 amide bonds. The number of nitro benzene ring substituents is 1.